The van der Waals surface area contributed by atoms with Gasteiger partial charge in [-0.1, -0.05) is 24.9 Å². The van der Waals surface area contributed by atoms with Crippen LogP contribution in [0.15, 0.2) is 35.3 Å². The predicted octanol–water partition coefficient (Wildman–Crippen LogP) is 4.35. The molecule has 0 aliphatic rings. The summed E-state index contributed by atoms with van der Waals surface area (Å²) in [5, 5.41) is 3.09. The monoisotopic (exact) mass is 392 g/mol. The van der Waals surface area contributed by atoms with Gasteiger partial charge in [-0.25, -0.2) is 0 Å². The summed E-state index contributed by atoms with van der Waals surface area (Å²) in [6, 6.07) is 6.15. The van der Waals surface area contributed by atoms with Gasteiger partial charge in [0.25, 0.3) is 11.5 Å². The number of pyridine rings is 1. The average molecular weight is 393 g/mol. The molecule has 0 atom stereocenters. The highest BCUT2D eigenvalue weighted by molar-refractivity contribution is 6.32. The molecule has 6 nitrogen and oxygen atoms in total. The van der Waals surface area contributed by atoms with E-state index in [1.54, 1.807) is 24.4 Å². The zero-order valence-corrected chi connectivity index (χ0v) is 16.6. The lowest BCUT2D eigenvalue weighted by Crippen LogP contribution is -2.20. The molecule has 146 valence electrons. The number of rotatable bonds is 9. The van der Waals surface area contributed by atoms with Crippen molar-refractivity contribution in [2.24, 2.45) is 0 Å². The van der Waals surface area contributed by atoms with E-state index >= 15 is 0 Å². The second-order valence-corrected chi connectivity index (χ2v) is 6.32. The summed E-state index contributed by atoms with van der Waals surface area (Å²) in [7, 11) is 0. The number of aromatic nitrogens is 1. The topological polar surface area (TPSA) is 69.6 Å². The highest BCUT2D eigenvalue weighted by Crippen LogP contribution is 2.37. The summed E-state index contributed by atoms with van der Waals surface area (Å²) in [4.78, 5) is 24.3. The Morgan fingerprint density at radius 3 is 2.63 bits per heavy atom. The molecule has 7 heteroatoms. The van der Waals surface area contributed by atoms with Gasteiger partial charge >= 0.3 is 0 Å². The van der Waals surface area contributed by atoms with Gasteiger partial charge in [0.2, 0.25) is 0 Å². The lowest BCUT2D eigenvalue weighted by molar-refractivity contribution is 0.102. The Kier molecular flexibility index (Phi) is 7.73. The number of aryl methyl sites for hydroxylation is 1. The fourth-order valence-corrected chi connectivity index (χ4v) is 2.74. The Bertz CT molecular complexity index is 848. The van der Waals surface area contributed by atoms with Gasteiger partial charge in [-0.05, 0) is 38.5 Å². The van der Waals surface area contributed by atoms with Gasteiger partial charge in [-0.2, -0.15) is 0 Å². The van der Waals surface area contributed by atoms with Crippen molar-refractivity contribution < 1.29 is 14.3 Å². The number of anilines is 1. The zero-order valence-electron chi connectivity index (χ0n) is 15.9. The van der Waals surface area contributed by atoms with Gasteiger partial charge in [0.15, 0.2) is 11.5 Å². The van der Waals surface area contributed by atoms with Gasteiger partial charge in [-0.3, -0.25) is 9.59 Å². The number of hydrogen-bond donors (Lipinski definition) is 1. The summed E-state index contributed by atoms with van der Waals surface area (Å²) in [6.45, 7) is 7.26. The van der Waals surface area contributed by atoms with Crippen molar-refractivity contribution in [1.29, 1.82) is 0 Å². The molecule has 1 aromatic heterocycles. The summed E-state index contributed by atoms with van der Waals surface area (Å²) < 4.78 is 12.9. The molecule has 27 heavy (non-hydrogen) atoms. The van der Waals surface area contributed by atoms with Crippen LogP contribution < -0.4 is 20.3 Å². The van der Waals surface area contributed by atoms with Crippen molar-refractivity contribution in [2.45, 2.75) is 40.2 Å². The predicted molar refractivity (Wildman–Crippen MR) is 107 cm³/mol. The van der Waals surface area contributed by atoms with Gasteiger partial charge in [0, 0.05) is 24.4 Å². The molecule has 0 fully saturated rings. The van der Waals surface area contributed by atoms with Crippen LogP contribution in [0.1, 0.15) is 44.0 Å². The van der Waals surface area contributed by atoms with E-state index < -0.39 is 0 Å². The molecule has 0 aliphatic heterocycles. The first kappa shape index (κ1) is 20.8. The van der Waals surface area contributed by atoms with E-state index in [9.17, 15) is 9.59 Å². The number of halogens is 1. The molecule has 2 aromatic rings. The maximum absolute atomic E-state index is 12.6. The normalized spacial score (nSPS) is 10.5. The van der Waals surface area contributed by atoms with E-state index in [1.807, 2.05) is 13.8 Å². The number of carbonyl (C=O) groups excluding carboxylic acids is 1. The van der Waals surface area contributed by atoms with Crippen LogP contribution in [0.2, 0.25) is 5.02 Å². The Morgan fingerprint density at radius 1 is 1.19 bits per heavy atom. The number of nitrogens with zero attached hydrogens (tertiary/aromatic N) is 1. The first-order valence-electron chi connectivity index (χ1n) is 9.11. The van der Waals surface area contributed by atoms with Crippen molar-refractivity contribution in [3.63, 3.8) is 0 Å². The number of amides is 1. The van der Waals surface area contributed by atoms with Crippen molar-refractivity contribution in [3.05, 3.63) is 51.4 Å². The molecular formula is C20H25ClN2O4. The van der Waals surface area contributed by atoms with Crippen LogP contribution in [0.25, 0.3) is 0 Å². The van der Waals surface area contributed by atoms with Crippen LogP contribution >= 0.6 is 11.6 Å². The van der Waals surface area contributed by atoms with E-state index in [4.69, 9.17) is 21.1 Å². The molecular weight excluding hydrogens is 368 g/mol. The Balaban J connectivity index is 2.26. The van der Waals surface area contributed by atoms with E-state index in [1.165, 1.54) is 10.6 Å². The largest absolute Gasteiger partial charge is 0.490 e. The average Bonchev–Trinajstić information content (AvgIpc) is 2.65. The van der Waals surface area contributed by atoms with Gasteiger partial charge < -0.3 is 19.4 Å². The fraction of sp³-hybridized carbons (Fsp3) is 0.400. The van der Waals surface area contributed by atoms with Crippen LogP contribution in [0.3, 0.4) is 0 Å². The number of nitrogens with one attached hydrogen (secondary N) is 1. The van der Waals surface area contributed by atoms with Gasteiger partial charge in [0.05, 0.1) is 23.9 Å². The third-order valence-electron chi connectivity index (χ3n) is 3.90. The van der Waals surface area contributed by atoms with E-state index in [2.05, 4.69) is 12.2 Å². The molecule has 0 saturated heterocycles. The molecule has 1 heterocycles. The molecule has 0 radical (unpaired) electrons. The summed E-state index contributed by atoms with van der Waals surface area (Å²) in [5.41, 5.74) is 0.755. The fourth-order valence-electron chi connectivity index (χ4n) is 2.48. The smallest absolute Gasteiger partial charge is 0.255 e. The first-order valence-corrected chi connectivity index (χ1v) is 9.48. The van der Waals surface area contributed by atoms with Crippen molar-refractivity contribution in [1.82, 2.24) is 4.57 Å². The lowest BCUT2D eigenvalue weighted by Gasteiger charge is -2.15. The molecule has 0 bridgehead atoms. The Hall–Kier alpha value is -2.47. The third kappa shape index (κ3) is 5.50. The molecule has 0 unspecified atom stereocenters. The minimum atomic E-state index is -0.348. The highest BCUT2D eigenvalue weighted by Gasteiger charge is 2.17. The van der Waals surface area contributed by atoms with E-state index in [0.717, 1.165) is 12.8 Å². The van der Waals surface area contributed by atoms with E-state index in [-0.39, 0.29) is 11.5 Å². The summed E-state index contributed by atoms with van der Waals surface area (Å²) in [6.07, 6.45) is 3.51. The third-order valence-corrected chi connectivity index (χ3v) is 4.18. The van der Waals surface area contributed by atoms with E-state index in [0.29, 0.717) is 47.5 Å². The lowest BCUT2D eigenvalue weighted by atomic mass is 10.1. The highest BCUT2D eigenvalue weighted by atomic mass is 35.5. The van der Waals surface area contributed by atoms with Crippen molar-refractivity contribution in [2.75, 3.05) is 18.5 Å². The molecule has 1 aromatic carbocycles. The number of ether oxygens (including phenoxy) is 2. The molecule has 1 amide bonds. The van der Waals surface area contributed by atoms with Crippen LogP contribution in [0.4, 0.5) is 5.69 Å². The molecule has 2 rings (SSSR count). The zero-order chi connectivity index (χ0) is 19.8. The Labute approximate surface area is 164 Å². The number of hydrogen-bond acceptors (Lipinski definition) is 4. The van der Waals surface area contributed by atoms with Crippen molar-refractivity contribution in [3.8, 4) is 11.5 Å². The van der Waals surface area contributed by atoms with Gasteiger partial charge in [-0.15, -0.1) is 0 Å². The first-order chi connectivity index (χ1) is 13.0. The maximum Gasteiger partial charge on any atom is 0.255 e. The SMILES string of the molecule is CCCCOc1c(Cl)cc(C(=O)Nc2ccc(=O)n(CC)c2)cc1OCC. The molecule has 0 spiro atoms. The molecule has 0 aliphatic carbocycles. The van der Waals surface area contributed by atoms with Crippen LogP contribution in [-0.4, -0.2) is 23.7 Å². The minimum absolute atomic E-state index is 0.120. The number of carbonyl (C=O) groups is 1. The minimum Gasteiger partial charge on any atom is -0.490 e. The van der Waals surface area contributed by atoms with Crippen LogP contribution in [0.5, 0.6) is 11.5 Å². The van der Waals surface area contributed by atoms with Crippen LogP contribution in [-0.2, 0) is 6.54 Å². The standard InChI is InChI=1S/C20H25ClN2O4/c1-4-7-10-27-19-16(21)11-14(12-17(19)26-6-3)20(25)22-15-8-9-18(24)23(5-2)13-15/h8-9,11-13H,4-7,10H2,1-3H3,(H,22,25). The van der Waals surface area contributed by atoms with Crippen LogP contribution in [0, 0.1) is 0 Å². The van der Waals surface area contributed by atoms with Crippen molar-refractivity contribution >= 4 is 23.2 Å². The maximum atomic E-state index is 12.6. The summed E-state index contributed by atoms with van der Waals surface area (Å²) >= 11 is 6.33. The molecule has 0 saturated carbocycles. The second-order valence-electron chi connectivity index (χ2n) is 5.92. The number of unbranched alkanes of at least 4 members (excludes halogenated alkanes) is 1. The number of benzene rings is 1. The Morgan fingerprint density at radius 2 is 1.96 bits per heavy atom. The second kappa shape index (κ2) is 10.0. The quantitative estimate of drug-likeness (QED) is 0.644. The van der Waals surface area contributed by atoms with Gasteiger partial charge in [0.1, 0.15) is 0 Å². The summed E-state index contributed by atoms with van der Waals surface area (Å²) in [5.74, 6) is 0.534. The molecule has 1 N–H and O–H groups in total.